The van der Waals surface area contributed by atoms with Crippen LogP contribution in [0.5, 0.6) is 0 Å². The molecule has 82 valence electrons. The number of carbonyl (C=O) groups is 1. The highest BCUT2D eigenvalue weighted by Gasteiger charge is 2.31. The maximum Gasteiger partial charge on any atom is 0.311 e. The van der Waals surface area contributed by atoms with Gasteiger partial charge in [0.05, 0.1) is 5.92 Å². The molecule has 1 rings (SSSR count). The number of rotatable bonds is 1. The topological polar surface area (TPSA) is 38.3 Å². The minimum Gasteiger partial charge on any atom is -0.460 e. The molecule has 1 saturated heterocycles. The van der Waals surface area contributed by atoms with E-state index in [1.165, 1.54) is 0 Å². The van der Waals surface area contributed by atoms with Gasteiger partial charge in [0.1, 0.15) is 5.60 Å². The molecule has 2 atom stereocenters. The van der Waals surface area contributed by atoms with Crippen molar-refractivity contribution in [2.24, 2.45) is 5.92 Å². The SMILES string of the molecule is C[C@@H]1NCCC[C@H]1C(=O)OC(C)(C)C. The molecular weight excluding hydrogens is 178 g/mol. The van der Waals surface area contributed by atoms with Gasteiger partial charge in [-0.1, -0.05) is 0 Å². The molecule has 1 N–H and O–H groups in total. The van der Waals surface area contributed by atoms with Crippen LogP contribution in [0.15, 0.2) is 0 Å². The smallest absolute Gasteiger partial charge is 0.311 e. The van der Waals surface area contributed by atoms with Crippen LogP contribution < -0.4 is 5.32 Å². The van der Waals surface area contributed by atoms with Crippen molar-refractivity contribution in [3.63, 3.8) is 0 Å². The molecule has 0 aliphatic carbocycles. The monoisotopic (exact) mass is 199 g/mol. The molecule has 0 spiro atoms. The fraction of sp³-hybridized carbons (Fsp3) is 0.909. The molecule has 0 amide bonds. The highest BCUT2D eigenvalue weighted by Crippen LogP contribution is 2.20. The molecule has 0 saturated carbocycles. The lowest BCUT2D eigenvalue weighted by Crippen LogP contribution is -2.44. The Kier molecular flexibility index (Phi) is 3.53. The Morgan fingerprint density at radius 1 is 1.43 bits per heavy atom. The van der Waals surface area contributed by atoms with Crippen molar-refractivity contribution in [1.82, 2.24) is 5.32 Å². The minimum atomic E-state index is -0.367. The molecule has 0 aromatic heterocycles. The molecule has 0 unspecified atom stereocenters. The predicted molar refractivity (Wildman–Crippen MR) is 56.0 cm³/mol. The molecule has 14 heavy (non-hydrogen) atoms. The predicted octanol–water partition coefficient (Wildman–Crippen LogP) is 1.72. The summed E-state index contributed by atoms with van der Waals surface area (Å²) in [6, 6.07) is 0.249. The van der Waals surface area contributed by atoms with Crippen LogP contribution in [0.1, 0.15) is 40.5 Å². The average molecular weight is 199 g/mol. The van der Waals surface area contributed by atoms with Gasteiger partial charge in [-0.2, -0.15) is 0 Å². The lowest BCUT2D eigenvalue weighted by Gasteiger charge is -2.31. The van der Waals surface area contributed by atoms with Crippen LogP contribution in [0, 0.1) is 5.92 Å². The molecule has 3 heteroatoms. The van der Waals surface area contributed by atoms with Crippen molar-refractivity contribution in [1.29, 1.82) is 0 Å². The minimum absolute atomic E-state index is 0.0305. The van der Waals surface area contributed by atoms with E-state index in [-0.39, 0.29) is 23.5 Å². The number of hydrogen-bond acceptors (Lipinski definition) is 3. The van der Waals surface area contributed by atoms with Crippen molar-refractivity contribution in [2.75, 3.05) is 6.54 Å². The molecule has 0 radical (unpaired) electrons. The second kappa shape index (κ2) is 4.30. The normalized spacial score (nSPS) is 28.6. The fourth-order valence-electron chi connectivity index (χ4n) is 1.74. The van der Waals surface area contributed by atoms with E-state index >= 15 is 0 Å². The van der Waals surface area contributed by atoms with Crippen molar-refractivity contribution < 1.29 is 9.53 Å². The zero-order valence-corrected chi connectivity index (χ0v) is 9.59. The largest absolute Gasteiger partial charge is 0.460 e. The summed E-state index contributed by atoms with van der Waals surface area (Å²) >= 11 is 0. The molecule has 0 bridgehead atoms. The standard InChI is InChI=1S/C11H21NO2/c1-8-9(6-5-7-12-8)10(13)14-11(2,3)4/h8-9,12H,5-7H2,1-4H3/t8-,9+/m0/s1. The summed E-state index contributed by atoms with van der Waals surface area (Å²) < 4.78 is 5.37. The van der Waals surface area contributed by atoms with Gasteiger partial charge < -0.3 is 10.1 Å². The Balaban J connectivity index is 2.50. The van der Waals surface area contributed by atoms with Gasteiger partial charge in [0, 0.05) is 6.04 Å². The first-order chi connectivity index (χ1) is 6.40. The Bertz CT molecular complexity index is 208. The van der Waals surface area contributed by atoms with Gasteiger partial charge in [-0.3, -0.25) is 4.79 Å². The van der Waals surface area contributed by atoms with Crippen LogP contribution >= 0.6 is 0 Å². The third-order valence-electron chi connectivity index (χ3n) is 2.47. The summed E-state index contributed by atoms with van der Waals surface area (Å²) in [5.41, 5.74) is -0.367. The van der Waals surface area contributed by atoms with E-state index < -0.39 is 0 Å². The van der Waals surface area contributed by atoms with Gasteiger partial charge in [-0.15, -0.1) is 0 Å². The number of carbonyl (C=O) groups excluding carboxylic acids is 1. The van der Waals surface area contributed by atoms with Gasteiger partial charge >= 0.3 is 5.97 Å². The first-order valence-corrected chi connectivity index (χ1v) is 5.36. The lowest BCUT2D eigenvalue weighted by molar-refractivity contribution is -0.161. The van der Waals surface area contributed by atoms with Crippen LogP contribution in [0.2, 0.25) is 0 Å². The lowest BCUT2D eigenvalue weighted by atomic mass is 9.92. The summed E-state index contributed by atoms with van der Waals surface area (Å²) in [5.74, 6) is -0.0276. The van der Waals surface area contributed by atoms with E-state index in [1.54, 1.807) is 0 Å². The molecule has 3 nitrogen and oxygen atoms in total. The highest BCUT2D eigenvalue weighted by atomic mass is 16.6. The maximum atomic E-state index is 11.8. The van der Waals surface area contributed by atoms with Gasteiger partial charge in [0.2, 0.25) is 0 Å². The Labute approximate surface area is 86.2 Å². The average Bonchev–Trinajstić information content (AvgIpc) is 2.01. The molecule has 1 heterocycles. The zero-order chi connectivity index (χ0) is 10.8. The first kappa shape index (κ1) is 11.5. The molecule has 1 fully saturated rings. The second-order valence-electron chi connectivity index (χ2n) is 5.02. The quantitative estimate of drug-likeness (QED) is 0.653. The van der Waals surface area contributed by atoms with Crippen molar-refractivity contribution in [3.8, 4) is 0 Å². The van der Waals surface area contributed by atoms with Gasteiger partial charge in [0.15, 0.2) is 0 Å². The van der Waals surface area contributed by atoms with Crippen LogP contribution in [-0.4, -0.2) is 24.2 Å². The number of esters is 1. The second-order valence-corrected chi connectivity index (χ2v) is 5.02. The van der Waals surface area contributed by atoms with E-state index in [9.17, 15) is 4.79 Å². The number of nitrogens with one attached hydrogen (secondary N) is 1. The molecule has 0 aromatic carbocycles. The molecule has 1 aliphatic heterocycles. The number of piperidine rings is 1. The van der Waals surface area contributed by atoms with Crippen LogP contribution in [0.4, 0.5) is 0 Å². The first-order valence-electron chi connectivity index (χ1n) is 5.36. The van der Waals surface area contributed by atoms with E-state index in [0.29, 0.717) is 0 Å². The van der Waals surface area contributed by atoms with Crippen LogP contribution in [0.25, 0.3) is 0 Å². The summed E-state index contributed by atoms with van der Waals surface area (Å²) in [4.78, 5) is 11.8. The molecular formula is C11H21NO2. The molecule has 0 aromatic rings. The zero-order valence-electron chi connectivity index (χ0n) is 9.59. The highest BCUT2D eigenvalue weighted by molar-refractivity contribution is 5.73. The maximum absolute atomic E-state index is 11.8. The Morgan fingerprint density at radius 2 is 2.07 bits per heavy atom. The van der Waals surface area contributed by atoms with E-state index in [0.717, 1.165) is 19.4 Å². The third-order valence-corrected chi connectivity index (χ3v) is 2.47. The summed E-state index contributed by atoms with van der Waals surface area (Å²) in [6.07, 6.45) is 2.01. The summed E-state index contributed by atoms with van der Waals surface area (Å²) in [6.45, 7) is 8.79. The summed E-state index contributed by atoms with van der Waals surface area (Å²) in [7, 11) is 0. The summed E-state index contributed by atoms with van der Waals surface area (Å²) in [5, 5.41) is 3.30. The number of hydrogen-bond donors (Lipinski definition) is 1. The van der Waals surface area contributed by atoms with E-state index in [1.807, 2.05) is 27.7 Å². The van der Waals surface area contributed by atoms with Crippen LogP contribution in [0.3, 0.4) is 0 Å². The van der Waals surface area contributed by atoms with Gasteiger partial charge in [-0.25, -0.2) is 0 Å². The van der Waals surface area contributed by atoms with E-state index in [2.05, 4.69) is 5.32 Å². The van der Waals surface area contributed by atoms with Crippen molar-refractivity contribution >= 4 is 5.97 Å². The Morgan fingerprint density at radius 3 is 2.57 bits per heavy atom. The number of ether oxygens (including phenoxy) is 1. The van der Waals surface area contributed by atoms with Gasteiger partial charge in [-0.05, 0) is 47.1 Å². The fourth-order valence-corrected chi connectivity index (χ4v) is 1.74. The molecule has 1 aliphatic rings. The van der Waals surface area contributed by atoms with E-state index in [4.69, 9.17) is 4.74 Å². The van der Waals surface area contributed by atoms with Gasteiger partial charge in [0.25, 0.3) is 0 Å². The van der Waals surface area contributed by atoms with Crippen LogP contribution in [-0.2, 0) is 9.53 Å². The third kappa shape index (κ3) is 3.29. The van der Waals surface area contributed by atoms with Crippen molar-refractivity contribution in [2.45, 2.75) is 52.2 Å². The Hall–Kier alpha value is -0.570. The van der Waals surface area contributed by atoms with Crippen molar-refractivity contribution in [3.05, 3.63) is 0 Å².